The summed E-state index contributed by atoms with van der Waals surface area (Å²) in [6.45, 7) is 2.90. The number of aliphatic hydroxyl groups excluding tert-OH is 1. The number of β-amino-alcohol motifs (C(OH)–C–C–N with tert-alkyl or cyclic N) is 1. The zero-order valence-electron chi connectivity index (χ0n) is 19.1. The first-order chi connectivity index (χ1) is 16.9. The van der Waals surface area contributed by atoms with E-state index in [-0.39, 0.29) is 28.9 Å². The van der Waals surface area contributed by atoms with Gasteiger partial charge in [0.15, 0.2) is 0 Å². The van der Waals surface area contributed by atoms with Crippen molar-refractivity contribution in [3.63, 3.8) is 0 Å². The number of anilines is 1. The predicted octanol–water partition coefficient (Wildman–Crippen LogP) is 4.16. The number of nitro benzene ring substituents is 1. The first-order valence-electron chi connectivity index (χ1n) is 11.4. The van der Waals surface area contributed by atoms with Crippen molar-refractivity contribution in [3.8, 4) is 0 Å². The minimum Gasteiger partial charge on any atom is -0.389 e. The Hall–Kier alpha value is -3.40. The van der Waals surface area contributed by atoms with E-state index in [1.807, 2.05) is 4.90 Å². The smallest absolute Gasteiger partial charge is 0.292 e. The van der Waals surface area contributed by atoms with E-state index in [2.05, 4.69) is 4.90 Å². The third-order valence-corrected chi connectivity index (χ3v) is 6.06. The van der Waals surface area contributed by atoms with Gasteiger partial charge in [-0.1, -0.05) is 36.4 Å². The molecule has 4 rings (SSSR count). The van der Waals surface area contributed by atoms with Gasteiger partial charge < -0.3 is 14.7 Å². The summed E-state index contributed by atoms with van der Waals surface area (Å²) in [5, 5.41) is 22.0. The fourth-order valence-electron chi connectivity index (χ4n) is 4.28. The molecule has 0 radical (unpaired) electrons. The van der Waals surface area contributed by atoms with E-state index >= 15 is 0 Å². The van der Waals surface area contributed by atoms with Crippen molar-refractivity contribution in [3.05, 3.63) is 106 Å². The average molecular weight is 484 g/mol. The van der Waals surface area contributed by atoms with Crippen LogP contribution in [0.3, 0.4) is 0 Å². The molecule has 3 aromatic carbocycles. The number of para-hydroxylation sites is 2. The number of nitro groups is 1. The highest BCUT2D eigenvalue weighted by Gasteiger charge is 2.25. The van der Waals surface area contributed by atoms with Crippen molar-refractivity contribution < 1.29 is 23.5 Å². The molecule has 9 heteroatoms. The summed E-state index contributed by atoms with van der Waals surface area (Å²) in [6.07, 6.45) is -1.36. The van der Waals surface area contributed by atoms with Crippen molar-refractivity contribution in [2.45, 2.75) is 12.2 Å². The second kappa shape index (κ2) is 11.4. The molecule has 0 unspecified atom stereocenters. The van der Waals surface area contributed by atoms with Crippen molar-refractivity contribution in [2.75, 3.05) is 44.2 Å². The maximum absolute atomic E-state index is 13.4. The molecule has 0 aromatic heterocycles. The number of piperazine rings is 1. The molecular formula is C26H27F2N3O4. The zero-order valence-corrected chi connectivity index (χ0v) is 19.1. The Morgan fingerprint density at radius 2 is 1.43 bits per heavy atom. The number of aliphatic hydroxyl groups is 1. The Morgan fingerprint density at radius 3 is 1.97 bits per heavy atom. The number of hydrogen-bond acceptors (Lipinski definition) is 6. The molecular weight excluding hydrogens is 456 g/mol. The molecule has 184 valence electrons. The number of hydrogen-bond donors (Lipinski definition) is 1. The first-order valence-corrected chi connectivity index (χ1v) is 11.4. The summed E-state index contributed by atoms with van der Waals surface area (Å²) in [5.74, 6) is -0.738. The van der Waals surface area contributed by atoms with Gasteiger partial charge in [-0.15, -0.1) is 0 Å². The number of benzene rings is 3. The van der Waals surface area contributed by atoms with Crippen LogP contribution in [0.15, 0.2) is 72.8 Å². The van der Waals surface area contributed by atoms with Crippen LogP contribution in [-0.2, 0) is 4.74 Å². The molecule has 0 saturated carbocycles. The van der Waals surface area contributed by atoms with Gasteiger partial charge in [0, 0.05) is 38.8 Å². The van der Waals surface area contributed by atoms with Gasteiger partial charge in [0.2, 0.25) is 0 Å². The Morgan fingerprint density at radius 1 is 0.886 bits per heavy atom. The van der Waals surface area contributed by atoms with Crippen molar-refractivity contribution in [1.29, 1.82) is 0 Å². The standard InChI is InChI=1S/C26H27F2N3O4/c27-21-9-5-19(6-10-21)26(20-7-11-22(28)12-8-20)35-18-23(32)17-29-13-15-30(16-14-29)24-3-1-2-4-25(24)31(33)34/h1-12,23,26,32H,13-18H2/t23-/m1/s1. The normalized spacial score (nSPS) is 15.4. The van der Waals surface area contributed by atoms with Crippen LogP contribution < -0.4 is 4.90 Å². The van der Waals surface area contributed by atoms with Crippen LogP contribution in [0, 0.1) is 21.7 Å². The average Bonchev–Trinajstić information content (AvgIpc) is 2.86. The summed E-state index contributed by atoms with van der Waals surface area (Å²) >= 11 is 0. The van der Waals surface area contributed by atoms with Gasteiger partial charge in [0.25, 0.3) is 5.69 Å². The summed E-state index contributed by atoms with van der Waals surface area (Å²) < 4.78 is 32.8. The molecule has 1 saturated heterocycles. The number of ether oxygens (including phenoxy) is 1. The summed E-state index contributed by atoms with van der Waals surface area (Å²) in [5.41, 5.74) is 2.08. The topological polar surface area (TPSA) is 79.1 Å². The molecule has 1 N–H and O–H groups in total. The monoisotopic (exact) mass is 483 g/mol. The van der Waals surface area contributed by atoms with E-state index in [9.17, 15) is 24.0 Å². The molecule has 1 heterocycles. The third-order valence-electron chi connectivity index (χ3n) is 6.06. The lowest BCUT2D eigenvalue weighted by Gasteiger charge is -2.36. The van der Waals surface area contributed by atoms with Crippen molar-refractivity contribution >= 4 is 11.4 Å². The van der Waals surface area contributed by atoms with Crippen LogP contribution >= 0.6 is 0 Å². The highest BCUT2D eigenvalue weighted by atomic mass is 19.1. The quantitative estimate of drug-likeness (QED) is 0.364. The molecule has 3 aromatic rings. The molecule has 35 heavy (non-hydrogen) atoms. The van der Waals surface area contributed by atoms with Gasteiger partial charge in [-0.3, -0.25) is 15.0 Å². The lowest BCUT2D eigenvalue weighted by Crippen LogP contribution is -2.49. The molecule has 0 aliphatic carbocycles. The second-order valence-electron chi connectivity index (χ2n) is 8.50. The fourth-order valence-corrected chi connectivity index (χ4v) is 4.28. The van der Waals surface area contributed by atoms with E-state index in [0.717, 1.165) is 0 Å². The lowest BCUT2D eigenvalue weighted by molar-refractivity contribution is -0.384. The molecule has 0 spiro atoms. The second-order valence-corrected chi connectivity index (χ2v) is 8.50. The predicted molar refractivity (Wildman–Crippen MR) is 128 cm³/mol. The molecule has 1 atom stereocenters. The molecule has 1 aliphatic rings. The molecule has 1 fully saturated rings. The first kappa shape index (κ1) is 24.7. The molecule has 0 amide bonds. The zero-order chi connectivity index (χ0) is 24.8. The van der Waals surface area contributed by atoms with Gasteiger partial charge in [-0.05, 0) is 41.5 Å². The Bertz CT molecular complexity index is 1070. The van der Waals surface area contributed by atoms with Crippen LogP contribution in [0.5, 0.6) is 0 Å². The Labute approximate surface area is 202 Å². The van der Waals surface area contributed by atoms with E-state index in [1.54, 1.807) is 42.5 Å². The minimum atomic E-state index is -0.781. The van der Waals surface area contributed by atoms with E-state index < -0.39 is 12.2 Å². The minimum absolute atomic E-state index is 0.0315. The number of halogens is 2. The van der Waals surface area contributed by atoms with E-state index in [1.165, 1.54) is 30.3 Å². The van der Waals surface area contributed by atoms with Crippen LogP contribution in [-0.4, -0.2) is 60.4 Å². The van der Waals surface area contributed by atoms with Gasteiger partial charge in [-0.25, -0.2) is 8.78 Å². The molecule has 0 bridgehead atoms. The van der Waals surface area contributed by atoms with Crippen LogP contribution in [0.4, 0.5) is 20.2 Å². The van der Waals surface area contributed by atoms with E-state index in [0.29, 0.717) is 49.5 Å². The highest BCUT2D eigenvalue weighted by molar-refractivity contribution is 5.63. The lowest BCUT2D eigenvalue weighted by atomic mass is 10.0. The summed E-state index contributed by atoms with van der Waals surface area (Å²) in [4.78, 5) is 15.0. The van der Waals surface area contributed by atoms with Crippen molar-refractivity contribution in [2.24, 2.45) is 0 Å². The van der Waals surface area contributed by atoms with Gasteiger partial charge >= 0.3 is 0 Å². The number of rotatable bonds is 9. The fraction of sp³-hybridized carbons (Fsp3) is 0.308. The maximum atomic E-state index is 13.4. The van der Waals surface area contributed by atoms with Gasteiger partial charge in [0.05, 0.1) is 17.6 Å². The van der Waals surface area contributed by atoms with Crippen LogP contribution in [0.1, 0.15) is 17.2 Å². The largest absolute Gasteiger partial charge is 0.389 e. The van der Waals surface area contributed by atoms with Gasteiger partial charge in [-0.2, -0.15) is 0 Å². The van der Waals surface area contributed by atoms with Crippen LogP contribution in [0.25, 0.3) is 0 Å². The molecule has 7 nitrogen and oxygen atoms in total. The Balaban J connectivity index is 1.34. The third kappa shape index (κ3) is 6.39. The van der Waals surface area contributed by atoms with Crippen molar-refractivity contribution in [1.82, 2.24) is 4.90 Å². The maximum Gasteiger partial charge on any atom is 0.292 e. The van der Waals surface area contributed by atoms with Gasteiger partial charge in [0.1, 0.15) is 23.4 Å². The summed E-state index contributed by atoms with van der Waals surface area (Å²) in [7, 11) is 0. The molecule has 1 aliphatic heterocycles. The highest BCUT2D eigenvalue weighted by Crippen LogP contribution is 2.29. The van der Waals surface area contributed by atoms with E-state index in [4.69, 9.17) is 4.74 Å². The Kier molecular flexibility index (Phi) is 8.02. The van der Waals surface area contributed by atoms with Crippen LogP contribution in [0.2, 0.25) is 0 Å². The summed E-state index contributed by atoms with van der Waals surface area (Å²) in [6, 6.07) is 18.5. The SMILES string of the molecule is O=[N+]([O-])c1ccccc1N1CCN(C[C@@H](O)COC(c2ccc(F)cc2)c2ccc(F)cc2)CC1. The number of nitrogens with zero attached hydrogens (tertiary/aromatic N) is 3.